The molecule has 0 spiro atoms. The molecule has 30 heavy (non-hydrogen) atoms. The molecule has 2 heterocycles. The first-order chi connectivity index (χ1) is 14.3. The van der Waals surface area contributed by atoms with Crippen LogP contribution in [-0.2, 0) is 22.6 Å². The van der Waals surface area contributed by atoms with Crippen LogP contribution in [0.3, 0.4) is 0 Å². The number of carboxylic acid groups (broad SMARTS) is 1. The zero-order valence-electron chi connectivity index (χ0n) is 17.2. The highest BCUT2D eigenvalue weighted by molar-refractivity contribution is 5.81. The number of methoxy groups -OCH3 is 1. The van der Waals surface area contributed by atoms with E-state index in [-0.39, 0.29) is 12.1 Å². The van der Waals surface area contributed by atoms with Crippen molar-refractivity contribution < 1.29 is 19.7 Å². The van der Waals surface area contributed by atoms with Crippen LogP contribution in [0, 0.1) is 6.92 Å². The summed E-state index contributed by atoms with van der Waals surface area (Å²) in [7, 11) is 1.63. The van der Waals surface area contributed by atoms with Crippen molar-refractivity contribution >= 4 is 17.0 Å². The summed E-state index contributed by atoms with van der Waals surface area (Å²) < 4.78 is 7.26. The predicted molar refractivity (Wildman–Crippen MR) is 112 cm³/mol. The van der Waals surface area contributed by atoms with E-state index < -0.39 is 18.1 Å². The maximum absolute atomic E-state index is 11.7. The van der Waals surface area contributed by atoms with Crippen molar-refractivity contribution in [2.24, 2.45) is 0 Å². The van der Waals surface area contributed by atoms with Crippen LogP contribution in [0.15, 0.2) is 35.3 Å². The fourth-order valence-corrected chi connectivity index (χ4v) is 3.33. The molecule has 2 atom stereocenters. The Kier molecular flexibility index (Phi) is 6.66. The number of hydrogen-bond acceptors (Lipinski definition) is 6. The van der Waals surface area contributed by atoms with Gasteiger partial charge in [-0.1, -0.05) is 6.07 Å². The van der Waals surface area contributed by atoms with Gasteiger partial charge in [0.25, 0.3) is 5.56 Å². The number of hydrogen-bond donors (Lipinski definition) is 4. The molecule has 9 heteroatoms. The van der Waals surface area contributed by atoms with Gasteiger partial charge >= 0.3 is 5.97 Å². The van der Waals surface area contributed by atoms with Crippen molar-refractivity contribution in [1.82, 2.24) is 19.9 Å². The van der Waals surface area contributed by atoms with Gasteiger partial charge in [-0.25, -0.2) is 4.98 Å². The SMILES string of the molecule is COCCn1c(-c2c[nH]c(=O)c(C)c2)nc2cc(CN[C@H](C(=O)O)[C@@H](C)O)ccc21. The third-order valence-corrected chi connectivity index (χ3v) is 4.95. The van der Waals surface area contributed by atoms with E-state index in [4.69, 9.17) is 9.72 Å². The maximum atomic E-state index is 11.7. The molecule has 0 aliphatic heterocycles. The number of aliphatic hydroxyl groups is 1. The van der Waals surface area contributed by atoms with E-state index in [2.05, 4.69) is 10.3 Å². The Labute approximate surface area is 173 Å². The smallest absolute Gasteiger partial charge is 0.323 e. The Morgan fingerprint density at radius 2 is 2.13 bits per heavy atom. The molecule has 0 fully saturated rings. The number of pyridine rings is 1. The quantitative estimate of drug-likeness (QED) is 0.415. The number of rotatable bonds is 9. The van der Waals surface area contributed by atoms with Gasteiger partial charge in [0.2, 0.25) is 0 Å². The summed E-state index contributed by atoms with van der Waals surface area (Å²) in [5, 5.41) is 21.7. The second kappa shape index (κ2) is 9.21. The average molecular weight is 414 g/mol. The van der Waals surface area contributed by atoms with E-state index in [1.54, 1.807) is 26.3 Å². The molecule has 0 aliphatic rings. The molecule has 0 unspecified atom stereocenters. The summed E-state index contributed by atoms with van der Waals surface area (Å²) >= 11 is 0. The number of carboxylic acids is 1. The van der Waals surface area contributed by atoms with E-state index in [1.165, 1.54) is 6.92 Å². The maximum Gasteiger partial charge on any atom is 0.323 e. The number of imidazole rings is 1. The van der Waals surface area contributed by atoms with Gasteiger partial charge in [-0.15, -0.1) is 0 Å². The van der Waals surface area contributed by atoms with Crippen LogP contribution in [0.2, 0.25) is 0 Å². The molecule has 0 amide bonds. The fraction of sp³-hybridized carbons (Fsp3) is 0.381. The molecule has 0 aliphatic carbocycles. The standard InChI is InChI=1S/C21H26N4O5/c1-12-8-15(11-23-20(12)27)19-24-16-9-14(10-22-18(13(2)26)21(28)29)4-5-17(16)25(19)6-7-30-3/h4-5,8-9,11,13,18,22,26H,6-7,10H2,1-3H3,(H,23,27)(H,28,29)/t13-,18+/m1/s1. The Morgan fingerprint density at radius 1 is 1.37 bits per heavy atom. The lowest BCUT2D eigenvalue weighted by Gasteiger charge is -2.17. The van der Waals surface area contributed by atoms with Gasteiger partial charge < -0.3 is 24.5 Å². The Morgan fingerprint density at radius 3 is 2.77 bits per heavy atom. The minimum Gasteiger partial charge on any atom is -0.480 e. The molecular weight excluding hydrogens is 388 g/mol. The number of benzene rings is 1. The number of carbonyl (C=O) groups is 1. The predicted octanol–water partition coefficient (Wildman–Crippen LogP) is 1.27. The minimum absolute atomic E-state index is 0.141. The van der Waals surface area contributed by atoms with Gasteiger partial charge in [-0.2, -0.15) is 0 Å². The van der Waals surface area contributed by atoms with Gasteiger partial charge in [-0.3, -0.25) is 14.9 Å². The van der Waals surface area contributed by atoms with E-state index in [0.29, 0.717) is 24.5 Å². The number of aryl methyl sites for hydroxylation is 1. The first-order valence-electron chi connectivity index (χ1n) is 9.64. The summed E-state index contributed by atoms with van der Waals surface area (Å²) in [6.45, 7) is 4.54. The Bertz CT molecular complexity index is 1100. The summed E-state index contributed by atoms with van der Waals surface area (Å²) in [5.41, 5.74) is 3.74. The van der Waals surface area contributed by atoms with Crippen LogP contribution >= 0.6 is 0 Å². The molecule has 160 valence electrons. The molecule has 9 nitrogen and oxygen atoms in total. The molecule has 0 bridgehead atoms. The van der Waals surface area contributed by atoms with Crippen molar-refractivity contribution in [3.05, 3.63) is 51.9 Å². The molecular formula is C21H26N4O5. The second-order valence-corrected chi connectivity index (χ2v) is 7.24. The average Bonchev–Trinajstić information content (AvgIpc) is 3.05. The molecule has 2 aromatic heterocycles. The third kappa shape index (κ3) is 4.59. The van der Waals surface area contributed by atoms with Crippen LogP contribution in [0.5, 0.6) is 0 Å². The fourth-order valence-electron chi connectivity index (χ4n) is 3.33. The van der Waals surface area contributed by atoms with Crippen molar-refractivity contribution in [2.45, 2.75) is 39.1 Å². The summed E-state index contributed by atoms with van der Waals surface area (Å²) in [6, 6.07) is 6.44. The van der Waals surface area contributed by atoms with Crippen molar-refractivity contribution in [1.29, 1.82) is 0 Å². The first-order valence-corrected chi connectivity index (χ1v) is 9.64. The minimum atomic E-state index is -1.11. The van der Waals surface area contributed by atoms with E-state index in [1.807, 2.05) is 22.8 Å². The highest BCUT2D eigenvalue weighted by Gasteiger charge is 2.22. The van der Waals surface area contributed by atoms with Crippen LogP contribution in [0.4, 0.5) is 0 Å². The Hall–Kier alpha value is -3.01. The molecule has 4 N–H and O–H groups in total. The number of H-pyrrole nitrogens is 1. The monoisotopic (exact) mass is 414 g/mol. The molecule has 1 aromatic carbocycles. The normalized spacial score (nSPS) is 13.5. The summed E-state index contributed by atoms with van der Waals surface area (Å²) in [5.74, 6) is -0.399. The molecule has 0 saturated heterocycles. The second-order valence-electron chi connectivity index (χ2n) is 7.24. The summed E-state index contributed by atoms with van der Waals surface area (Å²) in [6.07, 6.45) is 0.622. The highest BCUT2D eigenvalue weighted by Crippen LogP contribution is 2.25. The number of aliphatic carboxylic acids is 1. The van der Waals surface area contributed by atoms with Gasteiger partial charge in [0, 0.05) is 37.5 Å². The lowest BCUT2D eigenvalue weighted by atomic mass is 10.1. The molecule has 0 radical (unpaired) electrons. The van der Waals surface area contributed by atoms with E-state index in [0.717, 1.165) is 22.2 Å². The van der Waals surface area contributed by atoms with Gasteiger partial charge in [0.15, 0.2) is 0 Å². The number of aromatic amines is 1. The zero-order valence-corrected chi connectivity index (χ0v) is 17.2. The third-order valence-electron chi connectivity index (χ3n) is 4.95. The summed E-state index contributed by atoms with van der Waals surface area (Å²) in [4.78, 5) is 30.5. The van der Waals surface area contributed by atoms with Crippen LogP contribution < -0.4 is 10.9 Å². The van der Waals surface area contributed by atoms with Gasteiger partial charge in [-0.05, 0) is 37.6 Å². The number of nitrogens with one attached hydrogen (secondary N) is 2. The largest absolute Gasteiger partial charge is 0.480 e. The molecule has 0 saturated carbocycles. The zero-order chi connectivity index (χ0) is 21.8. The number of nitrogens with zero attached hydrogens (tertiary/aromatic N) is 2. The van der Waals surface area contributed by atoms with Crippen molar-refractivity contribution in [2.75, 3.05) is 13.7 Å². The van der Waals surface area contributed by atoms with Gasteiger partial charge in [0.05, 0.1) is 23.7 Å². The number of ether oxygens (including phenoxy) is 1. The first kappa shape index (κ1) is 21.7. The number of aliphatic hydroxyl groups excluding tert-OH is 1. The molecule has 3 rings (SSSR count). The Balaban J connectivity index is 1.98. The number of aromatic nitrogens is 3. The van der Waals surface area contributed by atoms with Crippen molar-refractivity contribution in [3.8, 4) is 11.4 Å². The van der Waals surface area contributed by atoms with E-state index in [9.17, 15) is 19.8 Å². The highest BCUT2D eigenvalue weighted by atomic mass is 16.5. The molecule has 3 aromatic rings. The lowest BCUT2D eigenvalue weighted by Crippen LogP contribution is -2.44. The van der Waals surface area contributed by atoms with Gasteiger partial charge in [0.1, 0.15) is 11.9 Å². The topological polar surface area (TPSA) is 129 Å². The van der Waals surface area contributed by atoms with Crippen LogP contribution in [-0.4, -0.2) is 56.6 Å². The van der Waals surface area contributed by atoms with E-state index >= 15 is 0 Å². The van der Waals surface area contributed by atoms with Crippen LogP contribution in [0.25, 0.3) is 22.4 Å². The van der Waals surface area contributed by atoms with Crippen LogP contribution in [0.1, 0.15) is 18.1 Å². The van der Waals surface area contributed by atoms with Crippen molar-refractivity contribution in [3.63, 3.8) is 0 Å². The number of fused-ring (bicyclic) bond motifs is 1. The lowest BCUT2D eigenvalue weighted by molar-refractivity contribution is -0.142.